The van der Waals surface area contributed by atoms with Gasteiger partial charge >= 0.3 is 0 Å². The third-order valence-electron chi connectivity index (χ3n) is 3.69. The van der Waals surface area contributed by atoms with E-state index in [0.717, 1.165) is 18.0 Å². The van der Waals surface area contributed by atoms with Crippen molar-refractivity contribution in [2.75, 3.05) is 5.75 Å². The van der Waals surface area contributed by atoms with Crippen molar-refractivity contribution in [1.82, 2.24) is 10.1 Å². The zero-order valence-electron chi connectivity index (χ0n) is 12.0. The Bertz CT molecular complexity index is 410. The summed E-state index contributed by atoms with van der Waals surface area (Å²) in [4.78, 5) is 4.59. The molecule has 0 spiro atoms. The van der Waals surface area contributed by atoms with E-state index in [4.69, 9.17) is 10.3 Å². The van der Waals surface area contributed by atoms with Crippen LogP contribution in [-0.2, 0) is 0 Å². The molecule has 0 amide bonds. The summed E-state index contributed by atoms with van der Waals surface area (Å²) in [6.07, 6.45) is 0.930. The molecule has 5 unspecified atom stereocenters. The standard InChI is InChI=1S/C13H23N3OS2/c1-5-10(7(2)14)13-15-12(16-17-13)11-6-18-8(3)9(4)19-11/h7-11H,5-6,14H2,1-4H3. The highest BCUT2D eigenvalue weighted by Crippen LogP contribution is 2.43. The maximum absolute atomic E-state index is 5.97. The fraction of sp³-hybridized carbons (Fsp3) is 0.846. The molecule has 1 saturated heterocycles. The number of hydrogen-bond donors (Lipinski definition) is 1. The van der Waals surface area contributed by atoms with Gasteiger partial charge in [0, 0.05) is 22.3 Å². The summed E-state index contributed by atoms with van der Waals surface area (Å²) in [6, 6.07) is 0.0469. The molecule has 0 radical (unpaired) electrons. The van der Waals surface area contributed by atoms with Gasteiger partial charge in [0.05, 0.1) is 11.2 Å². The second-order valence-corrected chi connectivity index (χ2v) is 8.23. The number of hydrogen-bond acceptors (Lipinski definition) is 6. The normalized spacial score (nSPS) is 31.1. The van der Waals surface area contributed by atoms with Crippen LogP contribution in [0.3, 0.4) is 0 Å². The lowest BCUT2D eigenvalue weighted by Gasteiger charge is -2.29. The van der Waals surface area contributed by atoms with Crippen molar-refractivity contribution in [3.8, 4) is 0 Å². The van der Waals surface area contributed by atoms with Gasteiger partial charge in [0.1, 0.15) is 0 Å². The number of aromatic nitrogens is 2. The van der Waals surface area contributed by atoms with Crippen molar-refractivity contribution in [3.63, 3.8) is 0 Å². The lowest BCUT2D eigenvalue weighted by atomic mass is 9.99. The van der Waals surface area contributed by atoms with Gasteiger partial charge in [-0.25, -0.2) is 0 Å². The van der Waals surface area contributed by atoms with Crippen LogP contribution in [-0.4, -0.2) is 32.4 Å². The summed E-state index contributed by atoms with van der Waals surface area (Å²) >= 11 is 3.94. The van der Waals surface area contributed by atoms with E-state index in [0.29, 0.717) is 21.6 Å². The first-order chi connectivity index (χ1) is 9.02. The highest BCUT2D eigenvalue weighted by Gasteiger charge is 2.31. The molecule has 2 rings (SSSR count). The molecule has 1 aromatic heterocycles. The van der Waals surface area contributed by atoms with Gasteiger partial charge in [-0.3, -0.25) is 0 Å². The Morgan fingerprint density at radius 3 is 2.74 bits per heavy atom. The van der Waals surface area contributed by atoms with E-state index in [1.54, 1.807) is 0 Å². The lowest BCUT2D eigenvalue weighted by Crippen LogP contribution is -2.25. The van der Waals surface area contributed by atoms with Crippen LogP contribution in [0.4, 0.5) is 0 Å². The molecule has 1 aliphatic heterocycles. The number of rotatable bonds is 4. The van der Waals surface area contributed by atoms with E-state index in [1.165, 1.54) is 0 Å². The Hall–Kier alpha value is -0.200. The fourth-order valence-electron chi connectivity index (χ4n) is 2.22. The SMILES string of the molecule is CCC(c1nc(C2CSC(C)C(C)S2)no1)C(C)N. The Balaban J connectivity index is 2.08. The molecule has 1 aromatic rings. The van der Waals surface area contributed by atoms with Crippen LogP contribution in [0.15, 0.2) is 4.52 Å². The molecule has 2 N–H and O–H groups in total. The molecule has 1 aliphatic rings. The van der Waals surface area contributed by atoms with Gasteiger partial charge in [0.15, 0.2) is 5.82 Å². The topological polar surface area (TPSA) is 64.9 Å². The van der Waals surface area contributed by atoms with Crippen LogP contribution >= 0.6 is 23.5 Å². The molecule has 5 atom stereocenters. The average Bonchev–Trinajstić information content (AvgIpc) is 2.82. The van der Waals surface area contributed by atoms with Crippen LogP contribution < -0.4 is 5.73 Å². The molecule has 108 valence electrons. The summed E-state index contributed by atoms with van der Waals surface area (Å²) < 4.78 is 5.43. The first-order valence-electron chi connectivity index (χ1n) is 6.89. The maximum atomic E-state index is 5.97. The summed E-state index contributed by atoms with van der Waals surface area (Å²) in [7, 11) is 0. The second kappa shape index (κ2) is 6.50. The minimum absolute atomic E-state index is 0.0469. The molecular formula is C13H23N3OS2. The minimum Gasteiger partial charge on any atom is -0.339 e. The predicted octanol–water partition coefficient (Wildman–Crippen LogP) is 3.21. The zero-order valence-corrected chi connectivity index (χ0v) is 13.6. The van der Waals surface area contributed by atoms with E-state index in [2.05, 4.69) is 30.9 Å². The Kier molecular flexibility index (Phi) is 5.20. The van der Waals surface area contributed by atoms with Gasteiger partial charge in [0.25, 0.3) is 0 Å². The van der Waals surface area contributed by atoms with E-state index in [9.17, 15) is 0 Å². The lowest BCUT2D eigenvalue weighted by molar-refractivity contribution is 0.331. The van der Waals surface area contributed by atoms with Gasteiger partial charge in [-0.05, 0) is 13.3 Å². The number of nitrogens with zero attached hydrogens (tertiary/aromatic N) is 2. The van der Waals surface area contributed by atoms with Gasteiger partial charge < -0.3 is 10.3 Å². The van der Waals surface area contributed by atoms with E-state index < -0.39 is 0 Å². The third kappa shape index (κ3) is 3.47. The van der Waals surface area contributed by atoms with Crippen molar-refractivity contribution < 1.29 is 4.52 Å². The summed E-state index contributed by atoms with van der Waals surface area (Å²) in [5, 5.41) is 5.84. The van der Waals surface area contributed by atoms with Crippen LogP contribution in [0.2, 0.25) is 0 Å². The number of nitrogens with two attached hydrogens (primary N) is 1. The average molecular weight is 301 g/mol. The van der Waals surface area contributed by atoms with Crippen molar-refractivity contribution in [3.05, 3.63) is 11.7 Å². The third-order valence-corrected chi connectivity index (χ3v) is 7.07. The van der Waals surface area contributed by atoms with E-state index in [-0.39, 0.29) is 12.0 Å². The van der Waals surface area contributed by atoms with Crippen LogP contribution in [0, 0.1) is 0 Å². The molecule has 0 bridgehead atoms. The van der Waals surface area contributed by atoms with Crippen molar-refractivity contribution in [2.45, 2.75) is 61.8 Å². The second-order valence-electron chi connectivity index (χ2n) is 5.23. The predicted molar refractivity (Wildman–Crippen MR) is 82.7 cm³/mol. The van der Waals surface area contributed by atoms with Gasteiger partial charge in [-0.1, -0.05) is 25.9 Å². The van der Waals surface area contributed by atoms with Crippen LogP contribution in [0.1, 0.15) is 57.0 Å². The summed E-state index contributed by atoms with van der Waals surface area (Å²) in [5.74, 6) is 2.76. The molecule has 0 aromatic carbocycles. The Morgan fingerprint density at radius 1 is 1.42 bits per heavy atom. The maximum Gasteiger partial charge on any atom is 0.231 e. The fourth-order valence-corrected chi connectivity index (χ4v) is 5.05. The Morgan fingerprint density at radius 2 is 2.16 bits per heavy atom. The molecule has 0 aliphatic carbocycles. The van der Waals surface area contributed by atoms with Crippen molar-refractivity contribution in [2.24, 2.45) is 5.73 Å². The largest absolute Gasteiger partial charge is 0.339 e. The molecule has 19 heavy (non-hydrogen) atoms. The monoisotopic (exact) mass is 301 g/mol. The number of thioether (sulfide) groups is 2. The smallest absolute Gasteiger partial charge is 0.231 e. The molecule has 0 saturated carbocycles. The van der Waals surface area contributed by atoms with E-state index in [1.807, 2.05) is 30.4 Å². The first-order valence-corrected chi connectivity index (χ1v) is 8.88. The van der Waals surface area contributed by atoms with Crippen molar-refractivity contribution >= 4 is 23.5 Å². The first kappa shape index (κ1) is 15.2. The van der Waals surface area contributed by atoms with Gasteiger partial charge in [0.2, 0.25) is 5.89 Å². The minimum atomic E-state index is 0.0469. The highest BCUT2D eigenvalue weighted by atomic mass is 32.2. The van der Waals surface area contributed by atoms with Crippen LogP contribution in [0.5, 0.6) is 0 Å². The van der Waals surface area contributed by atoms with Crippen molar-refractivity contribution in [1.29, 1.82) is 0 Å². The molecular weight excluding hydrogens is 278 g/mol. The molecule has 1 fully saturated rings. The van der Waals surface area contributed by atoms with E-state index >= 15 is 0 Å². The molecule has 4 nitrogen and oxygen atoms in total. The Labute approximate surface area is 123 Å². The molecule has 6 heteroatoms. The van der Waals surface area contributed by atoms with Gasteiger partial charge in [-0.15, -0.1) is 11.8 Å². The summed E-state index contributed by atoms with van der Waals surface area (Å²) in [5.41, 5.74) is 5.97. The van der Waals surface area contributed by atoms with Crippen LogP contribution in [0.25, 0.3) is 0 Å². The quantitative estimate of drug-likeness (QED) is 0.921. The molecule has 2 heterocycles. The zero-order chi connectivity index (χ0) is 14.0. The summed E-state index contributed by atoms with van der Waals surface area (Å²) in [6.45, 7) is 8.65. The highest BCUT2D eigenvalue weighted by molar-refractivity contribution is 8.07. The van der Waals surface area contributed by atoms with Gasteiger partial charge in [-0.2, -0.15) is 16.7 Å².